The maximum atomic E-state index is 10.3. The van der Waals surface area contributed by atoms with Gasteiger partial charge in [0.2, 0.25) is 0 Å². The molecule has 0 aliphatic rings. The van der Waals surface area contributed by atoms with Crippen molar-refractivity contribution in [2.24, 2.45) is 11.7 Å². The molecule has 0 amide bonds. The summed E-state index contributed by atoms with van der Waals surface area (Å²) in [5.74, 6) is 0.984. The second-order valence-electron chi connectivity index (χ2n) is 4.93. The van der Waals surface area contributed by atoms with E-state index in [-0.39, 0.29) is 5.92 Å². The third kappa shape index (κ3) is 3.87. The van der Waals surface area contributed by atoms with Crippen molar-refractivity contribution in [3.8, 4) is 5.75 Å². The number of aliphatic hydroxyl groups is 1. The Morgan fingerprint density at radius 3 is 2.56 bits per heavy atom. The van der Waals surface area contributed by atoms with E-state index in [9.17, 15) is 5.11 Å². The molecule has 0 aliphatic carbocycles. The predicted octanol–water partition coefficient (Wildman–Crippen LogP) is 2.80. The van der Waals surface area contributed by atoms with Gasteiger partial charge in [0.05, 0.1) is 13.2 Å². The summed E-state index contributed by atoms with van der Waals surface area (Å²) < 4.78 is 5.31. The lowest BCUT2D eigenvalue weighted by atomic mass is 9.88. The molecule has 3 N–H and O–H groups in total. The molecule has 0 radical (unpaired) electrons. The lowest BCUT2D eigenvalue weighted by molar-refractivity contribution is 0.120. The van der Waals surface area contributed by atoms with Crippen LogP contribution in [-0.4, -0.2) is 24.9 Å². The van der Waals surface area contributed by atoms with Crippen LogP contribution in [0, 0.1) is 5.92 Å². The van der Waals surface area contributed by atoms with Crippen molar-refractivity contribution in [1.82, 2.24) is 0 Å². The number of hydrogen-bond acceptors (Lipinski definition) is 3. The van der Waals surface area contributed by atoms with Crippen LogP contribution in [0.2, 0.25) is 5.02 Å². The SMILES string of the molecule is COc1ccc(Cl)cc1C(CN)C(O)CC(C)C. The molecule has 0 saturated carbocycles. The first-order valence-corrected chi connectivity index (χ1v) is 6.59. The van der Waals surface area contributed by atoms with Crippen molar-refractivity contribution >= 4 is 11.6 Å². The number of hydrogen-bond donors (Lipinski definition) is 2. The maximum absolute atomic E-state index is 10.3. The number of nitrogens with two attached hydrogens (primary N) is 1. The molecule has 0 bridgehead atoms. The summed E-state index contributed by atoms with van der Waals surface area (Å²) in [6.45, 7) is 4.52. The fourth-order valence-corrected chi connectivity index (χ4v) is 2.31. The van der Waals surface area contributed by atoms with Crippen LogP contribution in [0.25, 0.3) is 0 Å². The van der Waals surface area contributed by atoms with Gasteiger partial charge in [-0.3, -0.25) is 0 Å². The van der Waals surface area contributed by atoms with Crippen LogP contribution in [0.4, 0.5) is 0 Å². The number of rotatable bonds is 6. The first-order valence-electron chi connectivity index (χ1n) is 6.21. The van der Waals surface area contributed by atoms with E-state index in [1.807, 2.05) is 12.1 Å². The summed E-state index contributed by atoms with van der Waals surface area (Å²) in [5.41, 5.74) is 6.67. The Kier molecular flexibility index (Phi) is 5.93. The van der Waals surface area contributed by atoms with Crippen LogP contribution < -0.4 is 10.5 Å². The number of methoxy groups -OCH3 is 1. The third-order valence-electron chi connectivity index (χ3n) is 3.02. The Balaban J connectivity index is 3.03. The first-order chi connectivity index (χ1) is 8.49. The summed E-state index contributed by atoms with van der Waals surface area (Å²) in [6.07, 6.45) is 0.222. The Hall–Kier alpha value is -0.770. The highest BCUT2D eigenvalue weighted by atomic mass is 35.5. The summed E-state index contributed by atoms with van der Waals surface area (Å²) >= 11 is 6.01. The molecular weight excluding hydrogens is 250 g/mol. The molecule has 3 nitrogen and oxygen atoms in total. The average Bonchev–Trinajstić information content (AvgIpc) is 2.29. The molecule has 102 valence electrons. The van der Waals surface area contributed by atoms with Crippen molar-refractivity contribution < 1.29 is 9.84 Å². The van der Waals surface area contributed by atoms with Crippen molar-refractivity contribution in [3.05, 3.63) is 28.8 Å². The van der Waals surface area contributed by atoms with E-state index in [1.165, 1.54) is 0 Å². The largest absolute Gasteiger partial charge is 0.496 e. The average molecular weight is 272 g/mol. The van der Waals surface area contributed by atoms with Crippen LogP contribution >= 0.6 is 11.6 Å². The molecule has 4 heteroatoms. The van der Waals surface area contributed by atoms with E-state index >= 15 is 0 Å². The van der Waals surface area contributed by atoms with Gasteiger partial charge in [-0.15, -0.1) is 0 Å². The van der Waals surface area contributed by atoms with E-state index in [0.717, 1.165) is 11.3 Å². The minimum Gasteiger partial charge on any atom is -0.496 e. The van der Waals surface area contributed by atoms with Gasteiger partial charge in [-0.05, 0) is 30.5 Å². The van der Waals surface area contributed by atoms with Crippen LogP contribution in [-0.2, 0) is 0 Å². The third-order valence-corrected chi connectivity index (χ3v) is 3.26. The zero-order valence-electron chi connectivity index (χ0n) is 11.2. The normalized spacial score (nSPS) is 14.6. The van der Waals surface area contributed by atoms with E-state index in [2.05, 4.69) is 13.8 Å². The van der Waals surface area contributed by atoms with Crippen molar-refractivity contribution in [3.63, 3.8) is 0 Å². The van der Waals surface area contributed by atoms with E-state index in [4.69, 9.17) is 22.1 Å². The molecular formula is C14H22ClNO2. The Morgan fingerprint density at radius 1 is 1.39 bits per heavy atom. The lowest BCUT2D eigenvalue weighted by Crippen LogP contribution is -2.27. The predicted molar refractivity (Wildman–Crippen MR) is 75.3 cm³/mol. The van der Waals surface area contributed by atoms with Gasteiger partial charge in [0.25, 0.3) is 0 Å². The molecule has 0 spiro atoms. The molecule has 0 saturated heterocycles. The summed E-state index contributed by atoms with van der Waals surface area (Å²) in [6, 6.07) is 5.40. The van der Waals surface area contributed by atoms with Gasteiger partial charge >= 0.3 is 0 Å². The van der Waals surface area contributed by atoms with E-state index in [0.29, 0.717) is 23.9 Å². The fourth-order valence-electron chi connectivity index (χ4n) is 2.13. The highest BCUT2D eigenvalue weighted by molar-refractivity contribution is 6.30. The Bertz CT molecular complexity index is 382. The van der Waals surface area contributed by atoms with Crippen LogP contribution in [0.3, 0.4) is 0 Å². The van der Waals surface area contributed by atoms with Crippen molar-refractivity contribution in [1.29, 1.82) is 0 Å². The van der Waals surface area contributed by atoms with Gasteiger partial charge in [-0.2, -0.15) is 0 Å². The van der Waals surface area contributed by atoms with E-state index < -0.39 is 6.10 Å². The molecule has 1 aromatic carbocycles. The highest BCUT2D eigenvalue weighted by Gasteiger charge is 2.24. The Morgan fingerprint density at radius 2 is 2.06 bits per heavy atom. The van der Waals surface area contributed by atoms with Gasteiger partial charge in [-0.1, -0.05) is 25.4 Å². The van der Waals surface area contributed by atoms with Gasteiger partial charge in [0.1, 0.15) is 5.75 Å². The molecule has 1 aromatic rings. The van der Waals surface area contributed by atoms with Crippen molar-refractivity contribution in [2.75, 3.05) is 13.7 Å². The minimum atomic E-state index is -0.484. The quantitative estimate of drug-likeness (QED) is 0.837. The van der Waals surface area contributed by atoms with Crippen molar-refractivity contribution in [2.45, 2.75) is 32.3 Å². The summed E-state index contributed by atoms with van der Waals surface area (Å²) in [5, 5.41) is 10.9. The number of benzene rings is 1. The summed E-state index contributed by atoms with van der Waals surface area (Å²) in [4.78, 5) is 0. The molecule has 0 aromatic heterocycles. The smallest absolute Gasteiger partial charge is 0.122 e. The summed E-state index contributed by atoms with van der Waals surface area (Å²) in [7, 11) is 1.61. The number of halogens is 1. The fraction of sp³-hybridized carbons (Fsp3) is 0.571. The van der Waals surface area contributed by atoms with Crippen LogP contribution in [0.5, 0.6) is 5.75 Å². The first kappa shape index (κ1) is 15.3. The Labute approximate surface area is 114 Å². The lowest BCUT2D eigenvalue weighted by Gasteiger charge is -2.25. The minimum absolute atomic E-state index is 0.152. The maximum Gasteiger partial charge on any atom is 0.122 e. The monoisotopic (exact) mass is 271 g/mol. The van der Waals surface area contributed by atoms with Crippen LogP contribution in [0.1, 0.15) is 31.7 Å². The van der Waals surface area contributed by atoms with E-state index in [1.54, 1.807) is 13.2 Å². The van der Waals surface area contributed by atoms with Gasteiger partial charge in [-0.25, -0.2) is 0 Å². The molecule has 0 heterocycles. The molecule has 2 unspecified atom stereocenters. The second kappa shape index (κ2) is 6.98. The van der Waals surface area contributed by atoms with Gasteiger partial charge in [0.15, 0.2) is 0 Å². The molecule has 0 fully saturated rings. The van der Waals surface area contributed by atoms with Gasteiger partial charge in [0, 0.05) is 23.0 Å². The number of ether oxygens (including phenoxy) is 1. The highest BCUT2D eigenvalue weighted by Crippen LogP contribution is 2.32. The zero-order valence-corrected chi connectivity index (χ0v) is 11.9. The molecule has 1 rings (SSSR count). The van der Waals surface area contributed by atoms with Gasteiger partial charge < -0.3 is 15.6 Å². The second-order valence-corrected chi connectivity index (χ2v) is 5.36. The molecule has 2 atom stereocenters. The van der Waals surface area contributed by atoms with Crippen LogP contribution in [0.15, 0.2) is 18.2 Å². The number of aliphatic hydroxyl groups excluding tert-OH is 1. The molecule has 0 aliphatic heterocycles. The topological polar surface area (TPSA) is 55.5 Å². The standard InChI is InChI=1S/C14H22ClNO2/c1-9(2)6-13(17)12(8-16)11-7-10(15)4-5-14(11)18-3/h4-5,7,9,12-13,17H,6,8,16H2,1-3H3. The molecule has 18 heavy (non-hydrogen) atoms. The zero-order chi connectivity index (χ0) is 13.7.